The van der Waals surface area contributed by atoms with Crippen molar-refractivity contribution >= 4 is 17.3 Å². The fraction of sp³-hybridized carbons (Fsp3) is 0.615. The van der Waals surface area contributed by atoms with Crippen LogP contribution < -0.4 is 0 Å². The number of nitrogens with zero attached hydrogens (tertiary/aromatic N) is 1. The maximum Gasteiger partial charge on any atom is 0.0676 e. The van der Waals surface area contributed by atoms with Crippen LogP contribution in [0.3, 0.4) is 0 Å². The van der Waals surface area contributed by atoms with Crippen LogP contribution in [0.2, 0.25) is 0 Å². The topological polar surface area (TPSA) is 3.24 Å². The fourth-order valence-electron chi connectivity index (χ4n) is 4.11. The van der Waals surface area contributed by atoms with E-state index in [0.717, 1.165) is 13.1 Å². The maximum atomic E-state index is 4.35. The highest BCUT2D eigenvalue weighted by molar-refractivity contribution is 8.05. The Balaban J connectivity index is 2.20. The number of unbranched alkanes of at least 4 members (excludes halogenated alkanes) is 1. The lowest BCUT2D eigenvalue weighted by atomic mass is 9.63. The van der Waals surface area contributed by atoms with Crippen LogP contribution in [-0.4, -0.2) is 18.0 Å². The molecule has 2 rings (SSSR count). The monoisotopic (exact) mass is 399 g/mol. The molecule has 0 fully saturated rings. The van der Waals surface area contributed by atoms with Crippen LogP contribution in [0.5, 0.6) is 0 Å². The minimum Gasteiger partial charge on any atom is -0.367 e. The highest BCUT2D eigenvalue weighted by atomic mass is 32.2. The number of hydrogen-bond donors (Lipinski definition) is 0. The summed E-state index contributed by atoms with van der Waals surface area (Å²) in [6.45, 7) is 22.9. The molecule has 1 aromatic rings. The standard InChI is InChI=1S/C26H41NS/c1-9-11-17-27(16-10-2)21(4)28-19-20(3)22-12-13-23-24(18-22)26(7,8)15-14-25(23,5)6/h12-13,18-19H,4,9-11,14-17H2,1-3,5-8H3/b20-19+. The lowest BCUT2D eigenvalue weighted by Gasteiger charge is -2.42. The molecule has 156 valence electrons. The van der Waals surface area contributed by atoms with Crippen molar-refractivity contribution in [3.8, 4) is 0 Å². The van der Waals surface area contributed by atoms with Gasteiger partial charge >= 0.3 is 0 Å². The van der Waals surface area contributed by atoms with Crippen LogP contribution in [0.15, 0.2) is 35.2 Å². The van der Waals surface area contributed by atoms with Crippen molar-refractivity contribution in [2.45, 2.75) is 91.4 Å². The average molecular weight is 400 g/mol. The van der Waals surface area contributed by atoms with E-state index < -0.39 is 0 Å². The van der Waals surface area contributed by atoms with Gasteiger partial charge in [-0.25, -0.2) is 0 Å². The van der Waals surface area contributed by atoms with Gasteiger partial charge in [-0.1, -0.05) is 84.5 Å². The number of hydrogen-bond acceptors (Lipinski definition) is 2. The van der Waals surface area contributed by atoms with Crippen molar-refractivity contribution in [1.29, 1.82) is 0 Å². The summed E-state index contributed by atoms with van der Waals surface area (Å²) in [6, 6.07) is 7.15. The Bertz CT molecular complexity index is 711. The van der Waals surface area contributed by atoms with E-state index in [1.807, 2.05) is 0 Å². The summed E-state index contributed by atoms with van der Waals surface area (Å²) in [6.07, 6.45) is 6.16. The molecule has 0 N–H and O–H groups in total. The zero-order chi connectivity index (χ0) is 20.9. The molecule has 0 bridgehead atoms. The van der Waals surface area contributed by atoms with E-state index in [4.69, 9.17) is 0 Å². The zero-order valence-corrected chi connectivity index (χ0v) is 20.1. The summed E-state index contributed by atoms with van der Waals surface area (Å²) in [4.78, 5) is 2.44. The minimum absolute atomic E-state index is 0.260. The van der Waals surface area contributed by atoms with Gasteiger partial charge < -0.3 is 4.90 Å². The largest absolute Gasteiger partial charge is 0.367 e. The van der Waals surface area contributed by atoms with E-state index in [0.29, 0.717) is 0 Å². The summed E-state index contributed by atoms with van der Waals surface area (Å²) in [5, 5.41) is 3.47. The first-order valence-corrected chi connectivity index (χ1v) is 11.9. The van der Waals surface area contributed by atoms with E-state index in [1.54, 1.807) is 11.8 Å². The summed E-state index contributed by atoms with van der Waals surface area (Å²) in [5.74, 6) is 0. The molecule has 2 heteroatoms. The molecule has 1 nitrogen and oxygen atoms in total. The number of rotatable bonds is 9. The molecule has 1 aliphatic carbocycles. The van der Waals surface area contributed by atoms with Crippen molar-refractivity contribution in [3.05, 3.63) is 51.9 Å². The third kappa shape index (κ3) is 5.47. The molecule has 0 saturated carbocycles. The molecule has 28 heavy (non-hydrogen) atoms. The first-order chi connectivity index (χ1) is 13.1. The van der Waals surface area contributed by atoms with Gasteiger partial charge in [-0.15, -0.1) is 0 Å². The molecule has 0 unspecified atom stereocenters. The van der Waals surface area contributed by atoms with Crippen LogP contribution in [0, 0.1) is 0 Å². The van der Waals surface area contributed by atoms with Crippen LogP contribution in [0.1, 0.15) is 97.3 Å². The van der Waals surface area contributed by atoms with Crippen molar-refractivity contribution < 1.29 is 0 Å². The number of benzene rings is 1. The normalized spacial score (nSPS) is 17.9. The lowest BCUT2D eigenvalue weighted by molar-refractivity contribution is 0.332. The Kier molecular flexibility index (Phi) is 7.90. The van der Waals surface area contributed by atoms with Gasteiger partial charge in [-0.05, 0) is 71.1 Å². The maximum absolute atomic E-state index is 4.35. The van der Waals surface area contributed by atoms with Gasteiger partial charge in [0.15, 0.2) is 0 Å². The van der Waals surface area contributed by atoms with E-state index in [-0.39, 0.29) is 10.8 Å². The van der Waals surface area contributed by atoms with Gasteiger partial charge in [0.2, 0.25) is 0 Å². The lowest BCUT2D eigenvalue weighted by Crippen LogP contribution is -2.33. The van der Waals surface area contributed by atoms with Gasteiger partial charge in [0, 0.05) is 13.1 Å². The quantitative estimate of drug-likeness (QED) is 0.412. The molecule has 0 amide bonds. The van der Waals surface area contributed by atoms with Gasteiger partial charge in [0.25, 0.3) is 0 Å². The predicted molar refractivity (Wildman–Crippen MR) is 129 cm³/mol. The van der Waals surface area contributed by atoms with Gasteiger partial charge in [0.05, 0.1) is 5.03 Å². The molecule has 0 aliphatic heterocycles. The van der Waals surface area contributed by atoms with E-state index in [1.165, 1.54) is 59.4 Å². The second-order valence-corrected chi connectivity index (χ2v) is 10.6. The second-order valence-electron chi connectivity index (χ2n) is 9.68. The predicted octanol–water partition coefficient (Wildman–Crippen LogP) is 8.11. The molecule has 1 aromatic carbocycles. The first kappa shape index (κ1) is 23.1. The molecule has 0 radical (unpaired) electrons. The summed E-state index contributed by atoms with van der Waals surface area (Å²) < 4.78 is 0. The van der Waals surface area contributed by atoms with Gasteiger partial charge in [0.1, 0.15) is 0 Å². The highest BCUT2D eigenvalue weighted by Crippen LogP contribution is 2.46. The third-order valence-corrected chi connectivity index (χ3v) is 7.31. The van der Waals surface area contributed by atoms with Crippen molar-refractivity contribution in [3.63, 3.8) is 0 Å². The van der Waals surface area contributed by atoms with E-state index in [2.05, 4.69) is 83.6 Å². The molecule has 0 aromatic heterocycles. The van der Waals surface area contributed by atoms with Crippen LogP contribution in [0.4, 0.5) is 0 Å². The molecule has 0 spiro atoms. The number of allylic oxidation sites excluding steroid dienone is 1. The van der Waals surface area contributed by atoms with Crippen molar-refractivity contribution in [1.82, 2.24) is 4.90 Å². The van der Waals surface area contributed by atoms with Crippen LogP contribution >= 0.6 is 11.8 Å². The SMILES string of the molecule is C=C(S/C=C(\C)c1ccc2c(c1)C(C)(C)CCC2(C)C)N(CCC)CCCC. The average Bonchev–Trinajstić information content (AvgIpc) is 2.66. The smallest absolute Gasteiger partial charge is 0.0676 e. The van der Waals surface area contributed by atoms with E-state index >= 15 is 0 Å². The van der Waals surface area contributed by atoms with Crippen LogP contribution in [-0.2, 0) is 10.8 Å². The van der Waals surface area contributed by atoms with Crippen LogP contribution in [0.25, 0.3) is 5.57 Å². The Labute approximate surface area is 178 Å². The fourth-order valence-corrected chi connectivity index (χ4v) is 4.89. The Hall–Kier alpha value is -1.15. The highest BCUT2D eigenvalue weighted by Gasteiger charge is 2.36. The third-order valence-electron chi connectivity index (χ3n) is 6.31. The first-order valence-electron chi connectivity index (χ1n) is 11.0. The molecule has 0 atom stereocenters. The summed E-state index contributed by atoms with van der Waals surface area (Å²) in [5.41, 5.74) is 6.29. The molecule has 0 saturated heterocycles. The molecule has 1 aliphatic rings. The molecule has 0 heterocycles. The Morgan fingerprint density at radius 3 is 2.29 bits per heavy atom. The Morgan fingerprint density at radius 1 is 1.04 bits per heavy atom. The van der Waals surface area contributed by atoms with E-state index in [9.17, 15) is 0 Å². The van der Waals surface area contributed by atoms with Crippen molar-refractivity contribution in [2.75, 3.05) is 13.1 Å². The number of thioether (sulfide) groups is 1. The minimum atomic E-state index is 0.260. The summed E-state index contributed by atoms with van der Waals surface area (Å²) in [7, 11) is 0. The van der Waals surface area contributed by atoms with Gasteiger partial charge in [-0.2, -0.15) is 0 Å². The molecular weight excluding hydrogens is 358 g/mol. The summed E-state index contributed by atoms with van der Waals surface area (Å²) >= 11 is 1.78. The Morgan fingerprint density at radius 2 is 1.68 bits per heavy atom. The van der Waals surface area contributed by atoms with Gasteiger partial charge in [-0.3, -0.25) is 0 Å². The zero-order valence-electron chi connectivity index (χ0n) is 19.3. The second kappa shape index (κ2) is 9.57. The van der Waals surface area contributed by atoms with Crippen molar-refractivity contribution in [2.24, 2.45) is 0 Å². The number of fused-ring (bicyclic) bond motifs is 1. The molecular formula is C26H41NS.